The maximum absolute atomic E-state index is 6.12. The molecule has 3 nitrogen and oxygen atoms in total. The van der Waals surface area contributed by atoms with Gasteiger partial charge in [-0.3, -0.25) is 4.90 Å². The Morgan fingerprint density at radius 3 is 2.78 bits per heavy atom. The molecule has 1 aliphatic rings. The Kier molecular flexibility index (Phi) is 4.98. The van der Waals surface area contributed by atoms with E-state index in [0.717, 1.165) is 29.0 Å². The molecule has 102 valence electrons. The van der Waals surface area contributed by atoms with Crippen molar-refractivity contribution in [3.8, 4) is 0 Å². The summed E-state index contributed by atoms with van der Waals surface area (Å²) < 4.78 is 4.67. The minimum absolute atomic E-state index is 0.646. The van der Waals surface area contributed by atoms with E-state index < -0.39 is 0 Å². The molecule has 0 spiro atoms. The zero-order valence-electron chi connectivity index (χ0n) is 11.4. The van der Waals surface area contributed by atoms with Gasteiger partial charge in [-0.15, -0.1) is 5.10 Å². The van der Waals surface area contributed by atoms with Crippen molar-refractivity contribution >= 4 is 23.1 Å². The van der Waals surface area contributed by atoms with Gasteiger partial charge in [-0.05, 0) is 37.6 Å². The van der Waals surface area contributed by atoms with Gasteiger partial charge in [-0.25, -0.2) is 0 Å². The Morgan fingerprint density at radius 1 is 1.39 bits per heavy atom. The van der Waals surface area contributed by atoms with Crippen LogP contribution in [0.1, 0.15) is 45.7 Å². The van der Waals surface area contributed by atoms with Crippen LogP contribution in [0.3, 0.4) is 0 Å². The second-order valence-electron chi connectivity index (χ2n) is 5.75. The number of likely N-dealkylation sites (tertiary alicyclic amines) is 1. The molecule has 18 heavy (non-hydrogen) atoms. The molecule has 1 aromatic heterocycles. The van der Waals surface area contributed by atoms with Gasteiger partial charge in [0.1, 0.15) is 10.0 Å². The smallest absolute Gasteiger partial charge is 0.138 e. The highest BCUT2D eigenvalue weighted by atomic mass is 35.5. The van der Waals surface area contributed by atoms with Gasteiger partial charge in [0.2, 0.25) is 0 Å². The Balaban J connectivity index is 2.09. The number of hydrogen-bond donors (Lipinski definition) is 0. The summed E-state index contributed by atoms with van der Waals surface area (Å²) in [5, 5.41) is 4.15. The first kappa shape index (κ1) is 14.2. The van der Waals surface area contributed by atoms with Crippen molar-refractivity contribution in [1.82, 2.24) is 14.5 Å². The van der Waals surface area contributed by atoms with Gasteiger partial charge in [0, 0.05) is 24.1 Å². The topological polar surface area (TPSA) is 29.0 Å². The molecule has 0 saturated carbocycles. The van der Waals surface area contributed by atoms with E-state index in [-0.39, 0.29) is 0 Å². The zero-order valence-corrected chi connectivity index (χ0v) is 13.0. The second-order valence-corrected chi connectivity index (χ2v) is 7.10. The highest BCUT2D eigenvalue weighted by Gasteiger charge is 2.27. The van der Waals surface area contributed by atoms with E-state index in [1.54, 1.807) is 0 Å². The number of hydrogen-bond acceptors (Lipinski definition) is 4. The molecular weight excluding hydrogens is 266 g/mol. The Hall–Kier alpha value is -0.190. The molecule has 0 aliphatic carbocycles. The number of rotatable bonds is 3. The summed E-state index contributed by atoms with van der Waals surface area (Å²) in [4.78, 5) is 2.55. The van der Waals surface area contributed by atoms with Crippen LogP contribution in [0, 0.1) is 11.8 Å². The number of aromatic nitrogens is 2. The molecule has 1 fully saturated rings. The van der Waals surface area contributed by atoms with Crippen molar-refractivity contribution in [2.24, 2.45) is 11.8 Å². The first-order valence-corrected chi connectivity index (χ1v) is 7.93. The molecule has 0 radical (unpaired) electrons. The third-order valence-electron chi connectivity index (χ3n) is 3.97. The number of nitrogens with zero attached hydrogens (tertiary/aromatic N) is 3. The molecule has 2 unspecified atom stereocenters. The predicted octanol–water partition coefficient (Wildman–Crippen LogP) is 3.84. The highest BCUT2D eigenvalue weighted by molar-refractivity contribution is 7.10. The fourth-order valence-corrected chi connectivity index (χ4v) is 3.38. The van der Waals surface area contributed by atoms with E-state index in [1.165, 1.54) is 30.8 Å². The summed E-state index contributed by atoms with van der Waals surface area (Å²) in [6, 6.07) is 0.646. The SMILES string of the molecule is CC1CCC(C(C)C)N(Cc2nnsc2Cl)CC1. The van der Waals surface area contributed by atoms with Gasteiger partial charge >= 0.3 is 0 Å². The van der Waals surface area contributed by atoms with E-state index in [2.05, 4.69) is 35.3 Å². The molecule has 0 bridgehead atoms. The van der Waals surface area contributed by atoms with Crippen molar-refractivity contribution in [2.75, 3.05) is 6.54 Å². The fourth-order valence-electron chi connectivity index (χ4n) is 2.77. The van der Waals surface area contributed by atoms with Gasteiger partial charge in [-0.1, -0.05) is 36.9 Å². The summed E-state index contributed by atoms with van der Waals surface area (Å²) >= 11 is 7.41. The average molecular weight is 288 g/mol. The molecule has 2 heterocycles. The molecule has 1 aliphatic heterocycles. The van der Waals surface area contributed by atoms with Crippen molar-refractivity contribution in [1.29, 1.82) is 0 Å². The fraction of sp³-hybridized carbons (Fsp3) is 0.846. The van der Waals surface area contributed by atoms with Gasteiger partial charge in [0.15, 0.2) is 0 Å². The number of halogens is 1. The summed E-state index contributed by atoms with van der Waals surface area (Å²) in [7, 11) is 0. The quantitative estimate of drug-likeness (QED) is 0.846. The van der Waals surface area contributed by atoms with E-state index in [9.17, 15) is 0 Å². The standard InChI is InChI=1S/C13H22ClN3S/c1-9(2)12-5-4-10(3)6-7-17(12)8-11-13(14)18-16-15-11/h9-10,12H,4-8H2,1-3H3. The van der Waals surface area contributed by atoms with Crippen molar-refractivity contribution in [3.05, 3.63) is 10.0 Å². The van der Waals surface area contributed by atoms with E-state index in [4.69, 9.17) is 11.6 Å². The lowest BCUT2D eigenvalue weighted by molar-refractivity contribution is 0.147. The molecule has 5 heteroatoms. The van der Waals surface area contributed by atoms with Crippen LogP contribution in [0.15, 0.2) is 0 Å². The summed E-state index contributed by atoms with van der Waals surface area (Å²) in [5.41, 5.74) is 0.946. The van der Waals surface area contributed by atoms with Crippen LogP contribution in [0.25, 0.3) is 0 Å². The summed E-state index contributed by atoms with van der Waals surface area (Å²) in [6.45, 7) is 8.99. The first-order chi connectivity index (χ1) is 8.58. The van der Waals surface area contributed by atoms with Crippen LogP contribution in [-0.2, 0) is 6.54 Å². The second kappa shape index (κ2) is 6.31. The highest BCUT2D eigenvalue weighted by Crippen LogP contribution is 2.28. The lowest BCUT2D eigenvalue weighted by Crippen LogP contribution is -2.38. The Labute approximate surface area is 119 Å². The van der Waals surface area contributed by atoms with E-state index in [1.807, 2.05) is 0 Å². The van der Waals surface area contributed by atoms with Gasteiger partial charge in [0.05, 0.1) is 0 Å². The maximum atomic E-state index is 6.12. The summed E-state index contributed by atoms with van der Waals surface area (Å²) in [5.74, 6) is 1.51. The van der Waals surface area contributed by atoms with Crippen molar-refractivity contribution < 1.29 is 0 Å². The largest absolute Gasteiger partial charge is 0.294 e. The zero-order chi connectivity index (χ0) is 13.1. The van der Waals surface area contributed by atoms with Gasteiger partial charge in [0.25, 0.3) is 0 Å². The normalized spacial score (nSPS) is 26.5. The predicted molar refractivity (Wildman–Crippen MR) is 77.0 cm³/mol. The average Bonchev–Trinajstić information content (AvgIpc) is 2.60. The molecule has 1 aromatic rings. The van der Waals surface area contributed by atoms with Crippen LogP contribution in [0.5, 0.6) is 0 Å². The maximum Gasteiger partial charge on any atom is 0.138 e. The van der Waals surface area contributed by atoms with Crippen LogP contribution < -0.4 is 0 Å². The van der Waals surface area contributed by atoms with Crippen LogP contribution in [-0.4, -0.2) is 27.1 Å². The summed E-state index contributed by atoms with van der Waals surface area (Å²) in [6.07, 6.45) is 3.90. The van der Waals surface area contributed by atoms with E-state index in [0.29, 0.717) is 12.0 Å². The molecule has 0 amide bonds. The van der Waals surface area contributed by atoms with Crippen LogP contribution in [0.4, 0.5) is 0 Å². The lowest BCUT2D eigenvalue weighted by Gasteiger charge is -2.32. The van der Waals surface area contributed by atoms with E-state index >= 15 is 0 Å². The minimum Gasteiger partial charge on any atom is -0.294 e. The van der Waals surface area contributed by atoms with Crippen molar-refractivity contribution in [3.63, 3.8) is 0 Å². The molecule has 2 atom stereocenters. The molecule has 1 saturated heterocycles. The van der Waals surface area contributed by atoms with Crippen LogP contribution in [0.2, 0.25) is 4.34 Å². The third-order valence-corrected chi connectivity index (χ3v) is 4.95. The minimum atomic E-state index is 0.646. The Morgan fingerprint density at radius 2 is 2.17 bits per heavy atom. The van der Waals surface area contributed by atoms with Gasteiger partial charge < -0.3 is 0 Å². The van der Waals surface area contributed by atoms with Gasteiger partial charge in [-0.2, -0.15) is 0 Å². The van der Waals surface area contributed by atoms with Crippen molar-refractivity contribution in [2.45, 2.75) is 52.6 Å². The molecule has 2 rings (SSSR count). The molecule has 0 N–H and O–H groups in total. The van der Waals surface area contributed by atoms with Crippen LogP contribution >= 0.6 is 23.1 Å². The molecular formula is C13H22ClN3S. The monoisotopic (exact) mass is 287 g/mol. The first-order valence-electron chi connectivity index (χ1n) is 6.78. The lowest BCUT2D eigenvalue weighted by atomic mass is 9.95. The molecule has 0 aromatic carbocycles. The third kappa shape index (κ3) is 3.43. The Bertz CT molecular complexity index is 380.